The number of ether oxygens (including phenoxy) is 2. The van der Waals surface area contributed by atoms with E-state index >= 15 is 0 Å². The predicted octanol–water partition coefficient (Wildman–Crippen LogP) is 3.64. The van der Waals surface area contributed by atoms with Crippen molar-refractivity contribution < 1.29 is 28.7 Å². The number of imide groups is 1. The molecule has 0 spiro atoms. The number of fused-ring (bicyclic) bond motifs is 1. The van der Waals surface area contributed by atoms with Crippen LogP contribution >= 0.6 is 0 Å². The summed E-state index contributed by atoms with van der Waals surface area (Å²) in [5, 5.41) is 0. The SMILES string of the molecule is COc1ccc(N2C[C@H](C(=O)Oc3ccc(N4C(=O)[C@H]5CCCC[C@@H]5C4=O)c(C)c3)CC2=O)cc1. The quantitative estimate of drug-likeness (QED) is 0.372. The molecule has 3 fully saturated rings. The summed E-state index contributed by atoms with van der Waals surface area (Å²) in [7, 11) is 1.57. The summed E-state index contributed by atoms with van der Waals surface area (Å²) in [6, 6.07) is 12.0. The summed E-state index contributed by atoms with van der Waals surface area (Å²) < 4.78 is 10.7. The van der Waals surface area contributed by atoms with Gasteiger partial charge in [0.05, 0.1) is 30.6 Å². The topological polar surface area (TPSA) is 93.2 Å². The van der Waals surface area contributed by atoms with Crippen LogP contribution in [-0.4, -0.2) is 37.3 Å². The fourth-order valence-corrected chi connectivity index (χ4v) is 5.42. The monoisotopic (exact) mass is 476 g/mol. The Morgan fingerprint density at radius 2 is 1.54 bits per heavy atom. The highest BCUT2D eigenvalue weighted by Crippen LogP contribution is 2.41. The number of hydrogen-bond acceptors (Lipinski definition) is 6. The Morgan fingerprint density at radius 3 is 2.14 bits per heavy atom. The molecular weight excluding hydrogens is 448 g/mol. The number of hydrogen-bond donors (Lipinski definition) is 0. The van der Waals surface area contributed by atoms with Gasteiger partial charge < -0.3 is 14.4 Å². The Balaban J connectivity index is 1.26. The molecule has 8 nitrogen and oxygen atoms in total. The molecule has 2 heterocycles. The van der Waals surface area contributed by atoms with Crippen LogP contribution in [0.2, 0.25) is 0 Å². The Bertz CT molecular complexity index is 1170. The van der Waals surface area contributed by atoms with Crippen LogP contribution < -0.4 is 19.3 Å². The van der Waals surface area contributed by atoms with Gasteiger partial charge in [0, 0.05) is 18.7 Å². The number of rotatable bonds is 5. The van der Waals surface area contributed by atoms with E-state index in [4.69, 9.17) is 9.47 Å². The molecule has 3 amide bonds. The average molecular weight is 477 g/mol. The van der Waals surface area contributed by atoms with Crippen LogP contribution in [0.15, 0.2) is 42.5 Å². The van der Waals surface area contributed by atoms with E-state index in [9.17, 15) is 19.2 Å². The van der Waals surface area contributed by atoms with Gasteiger partial charge in [0.15, 0.2) is 0 Å². The third-order valence-electron chi connectivity index (χ3n) is 7.31. The number of nitrogens with zero attached hydrogens (tertiary/aromatic N) is 2. The maximum Gasteiger partial charge on any atom is 0.316 e. The van der Waals surface area contributed by atoms with E-state index in [2.05, 4.69) is 0 Å². The van der Waals surface area contributed by atoms with Crippen molar-refractivity contribution in [2.45, 2.75) is 39.0 Å². The molecule has 3 atom stereocenters. The maximum atomic E-state index is 12.9. The lowest BCUT2D eigenvalue weighted by Gasteiger charge is -2.19. The minimum Gasteiger partial charge on any atom is -0.497 e. The summed E-state index contributed by atoms with van der Waals surface area (Å²) in [4.78, 5) is 54.1. The van der Waals surface area contributed by atoms with Crippen LogP contribution in [0.3, 0.4) is 0 Å². The van der Waals surface area contributed by atoms with E-state index in [0.717, 1.165) is 25.7 Å². The number of carbonyl (C=O) groups is 4. The average Bonchev–Trinajstić information content (AvgIpc) is 3.37. The van der Waals surface area contributed by atoms with Crippen LogP contribution in [0, 0.1) is 24.7 Å². The molecule has 35 heavy (non-hydrogen) atoms. The van der Waals surface area contributed by atoms with Crippen LogP contribution in [0.5, 0.6) is 11.5 Å². The summed E-state index contributed by atoms with van der Waals surface area (Å²) in [5.41, 5.74) is 1.92. The summed E-state index contributed by atoms with van der Waals surface area (Å²) in [5.74, 6) is -0.907. The van der Waals surface area contributed by atoms with Gasteiger partial charge >= 0.3 is 5.97 Å². The fourth-order valence-electron chi connectivity index (χ4n) is 5.42. The number of esters is 1. The summed E-state index contributed by atoms with van der Waals surface area (Å²) in [6.45, 7) is 2.03. The van der Waals surface area contributed by atoms with Gasteiger partial charge in [-0.25, -0.2) is 4.90 Å². The minimum absolute atomic E-state index is 0.0709. The molecule has 5 rings (SSSR count). The second-order valence-corrected chi connectivity index (χ2v) is 9.48. The molecule has 2 aliphatic heterocycles. The van der Waals surface area contributed by atoms with E-state index in [-0.39, 0.29) is 42.5 Å². The van der Waals surface area contributed by atoms with Gasteiger partial charge in [0.1, 0.15) is 11.5 Å². The van der Waals surface area contributed by atoms with Crippen LogP contribution in [0.25, 0.3) is 0 Å². The molecule has 2 aromatic carbocycles. The molecule has 2 saturated heterocycles. The highest BCUT2D eigenvalue weighted by molar-refractivity contribution is 6.22. The Kier molecular flexibility index (Phi) is 6.05. The van der Waals surface area contributed by atoms with Crippen molar-refractivity contribution in [1.29, 1.82) is 0 Å². The zero-order chi connectivity index (χ0) is 24.7. The molecule has 0 aromatic heterocycles. The van der Waals surface area contributed by atoms with E-state index in [1.54, 1.807) is 61.4 Å². The largest absolute Gasteiger partial charge is 0.497 e. The van der Waals surface area contributed by atoms with Gasteiger partial charge in [-0.05, 0) is 67.8 Å². The number of methoxy groups -OCH3 is 1. The lowest BCUT2D eigenvalue weighted by atomic mass is 9.81. The van der Waals surface area contributed by atoms with Crippen molar-refractivity contribution in [3.05, 3.63) is 48.0 Å². The van der Waals surface area contributed by atoms with Gasteiger partial charge in [0.25, 0.3) is 0 Å². The smallest absolute Gasteiger partial charge is 0.316 e. The van der Waals surface area contributed by atoms with Crippen LogP contribution in [0.1, 0.15) is 37.7 Å². The van der Waals surface area contributed by atoms with Crippen LogP contribution in [-0.2, 0) is 19.2 Å². The molecule has 2 aromatic rings. The Hall–Kier alpha value is -3.68. The first-order chi connectivity index (χ1) is 16.9. The highest BCUT2D eigenvalue weighted by atomic mass is 16.5. The van der Waals surface area contributed by atoms with Crippen molar-refractivity contribution in [2.75, 3.05) is 23.5 Å². The molecule has 0 bridgehead atoms. The zero-order valence-corrected chi connectivity index (χ0v) is 19.9. The van der Waals surface area contributed by atoms with Gasteiger partial charge in [-0.1, -0.05) is 12.8 Å². The maximum absolute atomic E-state index is 12.9. The number of anilines is 2. The fraction of sp³-hybridized carbons (Fsp3) is 0.407. The number of aryl methyl sites for hydroxylation is 1. The van der Waals surface area contributed by atoms with E-state index < -0.39 is 11.9 Å². The first kappa shape index (κ1) is 23.1. The summed E-state index contributed by atoms with van der Waals surface area (Å²) >= 11 is 0. The number of carbonyl (C=O) groups excluding carboxylic acids is 4. The third kappa shape index (κ3) is 4.17. The molecule has 8 heteroatoms. The molecule has 3 aliphatic rings. The van der Waals surface area contributed by atoms with Gasteiger partial charge in [-0.2, -0.15) is 0 Å². The standard InChI is InChI=1S/C27H28N2O6/c1-16-13-20(11-12-23(16)29-25(31)21-5-3-4-6-22(21)26(29)32)35-27(33)17-14-24(30)28(15-17)18-7-9-19(34-2)10-8-18/h7-13,17,21-22H,3-6,14-15H2,1-2H3/t17-,21+,22+/m1/s1. The lowest BCUT2D eigenvalue weighted by molar-refractivity contribution is -0.139. The summed E-state index contributed by atoms with van der Waals surface area (Å²) in [6.07, 6.45) is 3.53. The van der Waals surface area contributed by atoms with Crippen molar-refractivity contribution in [3.63, 3.8) is 0 Å². The molecular formula is C27H28N2O6. The van der Waals surface area contributed by atoms with Crippen molar-refractivity contribution in [2.24, 2.45) is 17.8 Å². The normalized spacial score (nSPS) is 24.1. The third-order valence-corrected chi connectivity index (χ3v) is 7.31. The number of amides is 3. The zero-order valence-electron chi connectivity index (χ0n) is 19.9. The van der Waals surface area contributed by atoms with Gasteiger partial charge in [-0.3, -0.25) is 19.2 Å². The van der Waals surface area contributed by atoms with Crippen molar-refractivity contribution in [1.82, 2.24) is 0 Å². The van der Waals surface area contributed by atoms with E-state index in [1.165, 1.54) is 4.90 Å². The molecule has 182 valence electrons. The second kappa shape index (κ2) is 9.17. The highest BCUT2D eigenvalue weighted by Gasteiger charge is 2.49. The van der Waals surface area contributed by atoms with Crippen molar-refractivity contribution >= 4 is 35.1 Å². The van der Waals surface area contributed by atoms with Gasteiger partial charge in [-0.15, -0.1) is 0 Å². The Labute approximate surface area is 203 Å². The molecule has 0 radical (unpaired) electrons. The first-order valence-corrected chi connectivity index (χ1v) is 12.0. The molecule has 0 unspecified atom stereocenters. The lowest BCUT2D eigenvalue weighted by Crippen LogP contribution is -2.31. The molecule has 1 aliphatic carbocycles. The minimum atomic E-state index is -0.588. The second-order valence-electron chi connectivity index (χ2n) is 9.48. The number of benzene rings is 2. The van der Waals surface area contributed by atoms with Crippen molar-refractivity contribution in [3.8, 4) is 11.5 Å². The van der Waals surface area contributed by atoms with E-state index in [1.807, 2.05) is 0 Å². The van der Waals surface area contributed by atoms with Gasteiger partial charge in [0.2, 0.25) is 17.7 Å². The molecule has 1 saturated carbocycles. The predicted molar refractivity (Wildman–Crippen MR) is 128 cm³/mol. The molecule has 0 N–H and O–H groups in total. The Morgan fingerprint density at radius 1 is 0.914 bits per heavy atom. The van der Waals surface area contributed by atoms with E-state index in [0.29, 0.717) is 28.4 Å². The first-order valence-electron chi connectivity index (χ1n) is 12.0. The van der Waals surface area contributed by atoms with Crippen LogP contribution in [0.4, 0.5) is 11.4 Å².